The van der Waals surface area contributed by atoms with E-state index in [9.17, 15) is 9.59 Å². The summed E-state index contributed by atoms with van der Waals surface area (Å²) >= 11 is 0. The van der Waals surface area contributed by atoms with Gasteiger partial charge in [-0.3, -0.25) is 9.59 Å². The van der Waals surface area contributed by atoms with Gasteiger partial charge in [-0.05, 0) is 25.8 Å². The lowest BCUT2D eigenvalue weighted by molar-refractivity contribution is -0.155. The fourth-order valence-corrected chi connectivity index (χ4v) is 2.47. The Kier molecular flexibility index (Phi) is 3.99. The van der Waals surface area contributed by atoms with Gasteiger partial charge in [-0.15, -0.1) is 0 Å². The molecule has 2 aliphatic rings. The number of likely N-dealkylation sites (N-methyl/N-ethyl adjacent to an activating group) is 1. The Morgan fingerprint density at radius 1 is 1.24 bits per heavy atom. The molecule has 0 saturated carbocycles. The standard InChI is InChI=1S/C12H21N3O2/c1-14-8-9-15(12(17)11(14)16)7-5-10-4-2-3-6-13-10/h10,13H,2-9H2,1H3. The smallest absolute Gasteiger partial charge is 0.312 e. The van der Waals surface area contributed by atoms with Crippen molar-refractivity contribution < 1.29 is 9.59 Å². The van der Waals surface area contributed by atoms with E-state index in [1.54, 1.807) is 11.9 Å². The van der Waals surface area contributed by atoms with Crippen LogP contribution < -0.4 is 5.32 Å². The van der Waals surface area contributed by atoms with Gasteiger partial charge in [-0.25, -0.2) is 0 Å². The molecule has 0 spiro atoms. The molecule has 2 fully saturated rings. The maximum absolute atomic E-state index is 11.7. The number of nitrogens with one attached hydrogen (secondary N) is 1. The highest BCUT2D eigenvalue weighted by molar-refractivity contribution is 6.35. The largest absolute Gasteiger partial charge is 0.336 e. The van der Waals surface area contributed by atoms with Gasteiger partial charge in [0.25, 0.3) is 0 Å². The van der Waals surface area contributed by atoms with Crippen LogP contribution >= 0.6 is 0 Å². The van der Waals surface area contributed by atoms with E-state index >= 15 is 0 Å². The molecule has 5 heteroatoms. The normalized spacial score (nSPS) is 26.5. The van der Waals surface area contributed by atoms with E-state index in [2.05, 4.69) is 5.32 Å². The van der Waals surface area contributed by atoms with Crippen molar-refractivity contribution in [2.24, 2.45) is 0 Å². The zero-order valence-corrected chi connectivity index (χ0v) is 10.4. The van der Waals surface area contributed by atoms with Crippen LogP contribution in [-0.4, -0.2) is 60.9 Å². The highest BCUT2D eigenvalue weighted by Crippen LogP contribution is 2.12. The predicted molar refractivity (Wildman–Crippen MR) is 64.5 cm³/mol. The number of piperazine rings is 1. The van der Waals surface area contributed by atoms with Crippen LogP contribution in [0.4, 0.5) is 0 Å². The summed E-state index contributed by atoms with van der Waals surface area (Å²) in [6.45, 7) is 3.12. The fourth-order valence-electron chi connectivity index (χ4n) is 2.47. The van der Waals surface area contributed by atoms with Gasteiger partial charge in [0.15, 0.2) is 0 Å². The molecule has 0 aromatic carbocycles. The van der Waals surface area contributed by atoms with Crippen LogP contribution in [0.1, 0.15) is 25.7 Å². The van der Waals surface area contributed by atoms with Gasteiger partial charge in [0.2, 0.25) is 0 Å². The molecule has 0 aromatic rings. The maximum Gasteiger partial charge on any atom is 0.312 e. The van der Waals surface area contributed by atoms with E-state index in [1.165, 1.54) is 24.2 Å². The first-order chi connectivity index (χ1) is 8.18. The molecule has 2 heterocycles. The van der Waals surface area contributed by atoms with Crippen molar-refractivity contribution in [3.8, 4) is 0 Å². The first-order valence-electron chi connectivity index (χ1n) is 6.46. The molecule has 1 unspecified atom stereocenters. The summed E-state index contributed by atoms with van der Waals surface area (Å²) in [6, 6.07) is 0.520. The second-order valence-electron chi connectivity index (χ2n) is 4.95. The van der Waals surface area contributed by atoms with E-state index in [4.69, 9.17) is 0 Å². The number of rotatable bonds is 3. The third-order valence-corrected chi connectivity index (χ3v) is 3.68. The Balaban J connectivity index is 1.78. The minimum atomic E-state index is -0.368. The van der Waals surface area contributed by atoms with Gasteiger partial charge in [-0.2, -0.15) is 0 Å². The molecule has 0 bridgehead atoms. The van der Waals surface area contributed by atoms with Crippen molar-refractivity contribution in [3.63, 3.8) is 0 Å². The Morgan fingerprint density at radius 3 is 2.76 bits per heavy atom. The molecule has 5 nitrogen and oxygen atoms in total. The molecule has 0 aromatic heterocycles. The second kappa shape index (κ2) is 5.49. The Morgan fingerprint density at radius 2 is 2.06 bits per heavy atom. The number of nitrogens with zero attached hydrogens (tertiary/aromatic N) is 2. The predicted octanol–water partition coefficient (Wildman–Crippen LogP) is -0.181. The minimum Gasteiger partial charge on any atom is -0.336 e. The van der Waals surface area contributed by atoms with Crippen molar-refractivity contribution in [2.75, 3.05) is 33.2 Å². The zero-order valence-electron chi connectivity index (χ0n) is 10.4. The Bertz CT molecular complexity index is 300. The monoisotopic (exact) mass is 239 g/mol. The quantitative estimate of drug-likeness (QED) is 0.695. The first-order valence-corrected chi connectivity index (χ1v) is 6.46. The lowest BCUT2D eigenvalue weighted by Crippen LogP contribution is -2.53. The first kappa shape index (κ1) is 12.4. The average molecular weight is 239 g/mol. The van der Waals surface area contributed by atoms with Crippen LogP contribution in [0.3, 0.4) is 0 Å². The zero-order chi connectivity index (χ0) is 12.3. The number of carbonyl (C=O) groups is 2. The van der Waals surface area contributed by atoms with Gasteiger partial charge in [0.1, 0.15) is 0 Å². The summed E-state index contributed by atoms with van der Waals surface area (Å²) < 4.78 is 0. The van der Waals surface area contributed by atoms with Crippen LogP contribution in [0.2, 0.25) is 0 Å². The van der Waals surface area contributed by atoms with E-state index in [-0.39, 0.29) is 11.8 Å². The van der Waals surface area contributed by atoms with E-state index in [1.807, 2.05) is 0 Å². The molecule has 2 rings (SSSR count). The van der Waals surface area contributed by atoms with Crippen molar-refractivity contribution >= 4 is 11.8 Å². The van der Waals surface area contributed by atoms with Crippen molar-refractivity contribution in [3.05, 3.63) is 0 Å². The maximum atomic E-state index is 11.7. The van der Waals surface area contributed by atoms with Crippen LogP contribution in [0.25, 0.3) is 0 Å². The molecule has 2 amide bonds. The van der Waals surface area contributed by atoms with Crippen molar-refractivity contribution in [2.45, 2.75) is 31.7 Å². The van der Waals surface area contributed by atoms with Gasteiger partial charge >= 0.3 is 11.8 Å². The van der Waals surface area contributed by atoms with Gasteiger partial charge < -0.3 is 15.1 Å². The molecule has 96 valence electrons. The third kappa shape index (κ3) is 2.97. The topological polar surface area (TPSA) is 52.6 Å². The SMILES string of the molecule is CN1CCN(CCC2CCCCN2)C(=O)C1=O. The number of hydrogen-bond acceptors (Lipinski definition) is 3. The van der Waals surface area contributed by atoms with Crippen LogP contribution in [-0.2, 0) is 9.59 Å². The summed E-state index contributed by atoms with van der Waals surface area (Å²) in [5.74, 6) is -0.706. The molecular formula is C12H21N3O2. The van der Waals surface area contributed by atoms with Gasteiger partial charge in [0, 0.05) is 32.7 Å². The van der Waals surface area contributed by atoms with Crippen molar-refractivity contribution in [1.29, 1.82) is 0 Å². The molecule has 0 radical (unpaired) electrons. The number of hydrogen-bond donors (Lipinski definition) is 1. The molecule has 2 saturated heterocycles. The summed E-state index contributed by atoms with van der Waals surface area (Å²) in [6.07, 6.45) is 4.67. The summed E-state index contributed by atoms with van der Waals surface area (Å²) in [5.41, 5.74) is 0. The van der Waals surface area contributed by atoms with Crippen LogP contribution in [0.5, 0.6) is 0 Å². The molecule has 1 N–H and O–H groups in total. The van der Waals surface area contributed by atoms with Crippen LogP contribution in [0, 0.1) is 0 Å². The fraction of sp³-hybridized carbons (Fsp3) is 0.833. The molecule has 2 aliphatic heterocycles. The third-order valence-electron chi connectivity index (χ3n) is 3.68. The molecule has 0 aliphatic carbocycles. The van der Waals surface area contributed by atoms with Gasteiger partial charge in [-0.1, -0.05) is 6.42 Å². The minimum absolute atomic E-state index is 0.338. The molecular weight excluding hydrogens is 218 g/mol. The second-order valence-corrected chi connectivity index (χ2v) is 4.95. The summed E-state index contributed by atoms with van der Waals surface area (Å²) in [4.78, 5) is 26.4. The summed E-state index contributed by atoms with van der Waals surface area (Å²) in [7, 11) is 1.68. The van der Waals surface area contributed by atoms with E-state index < -0.39 is 0 Å². The lowest BCUT2D eigenvalue weighted by Gasteiger charge is -2.33. The summed E-state index contributed by atoms with van der Waals surface area (Å²) in [5, 5.41) is 3.46. The molecule has 1 atom stereocenters. The Labute approximate surface area is 102 Å². The van der Waals surface area contributed by atoms with E-state index in [0.717, 1.165) is 13.0 Å². The van der Waals surface area contributed by atoms with Crippen molar-refractivity contribution in [1.82, 2.24) is 15.1 Å². The van der Waals surface area contributed by atoms with E-state index in [0.29, 0.717) is 25.7 Å². The van der Waals surface area contributed by atoms with Gasteiger partial charge in [0.05, 0.1) is 0 Å². The highest BCUT2D eigenvalue weighted by atomic mass is 16.2. The lowest BCUT2D eigenvalue weighted by atomic mass is 10.0. The molecule has 17 heavy (non-hydrogen) atoms. The average Bonchev–Trinajstić information content (AvgIpc) is 2.36. The number of piperidine rings is 1. The Hall–Kier alpha value is -1.10. The number of amides is 2. The number of carbonyl (C=O) groups excluding carboxylic acids is 2. The van der Waals surface area contributed by atoms with Crippen LogP contribution in [0.15, 0.2) is 0 Å². The highest BCUT2D eigenvalue weighted by Gasteiger charge is 2.30.